The number of amides is 1. The number of carbonyl (C=O) groups is 1. The molecule has 0 saturated carbocycles. The maximum atomic E-state index is 13.8. The molecule has 2 aromatic heterocycles. The molecule has 0 unspecified atom stereocenters. The van der Waals surface area contributed by atoms with Gasteiger partial charge in [0.05, 0.1) is 17.4 Å². The third-order valence-corrected chi connectivity index (χ3v) is 4.97. The molecule has 144 valence electrons. The Morgan fingerprint density at radius 3 is 2.79 bits per heavy atom. The number of benzene rings is 2. The van der Waals surface area contributed by atoms with Gasteiger partial charge >= 0.3 is 0 Å². The summed E-state index contributed by atoms with van der Waals surface area (Å²) in [5.41, 5.74) is 2.97. The van der Waals surface area contributed by atoms with Crippen LogP contribution in [0.5, 0.6) is 0 Å². The molecule has 0 saturated heterocycles. The highest BCUT2D eigenvalue weighted by molar-refractivity contribution is 6.07. The van der Waals surface area contributed by atoms with E-state index in [1.807, 2.05) is 6.07 Å². The van der Waals surface area contributed by atoms with E-state index in [4.69, 9.17) is 0 Å². The van der Waals surface area contributed by atoms with E-state index < -0.39 is 17.5 Å². The fraction of sp³-hybridized carbons (Fsp3) is 0.0909. The largest absolute Gasteiger partial charge is 0.370 e. The summed E-state index contributed by atoms with van der Waals surface area (Å²) in [4.78, 5) is 17.4. The first kappa shape index (κ1) is 17.4. The highest BCUT2D eigenvalue weighted by atomic mass is 19.1. The number of halogens is 2. The van der Waals surface area contributed by atoms with E-state index in [0.29, 0.717) is 22.3 Å². The summed E-state index contributed by atoms with van der Waals surface area (Å²) in [6.07, 6.45) is 2.43. The molecular formula is C22H16F2N4O. The van der Waals surface area contributed by atoms with Crippen molar-refractivity contribution in [3.05, 3.63) is 83.7 Å². The summed E-state index contributed by atoms with van der Waals surface area (Å²) in [5.74, 6) is -0.393. The summed E-state index contributed by atoms with van der Waals surface area (Å²) in [5, 5.41) is 6.57. The summed E-state index contributed by atoms with van der Waals surface area (Å²) in [6.45, 7) is 0.819. The van der Waals surface area contributed by atoms with Crippen LogP contribution in [0, 0.1) is 11.6 Å². The number of aromatic nitrogens is 2. The second-order valence-corrected chi connectivity index (χ2v) is 6.91. The van der Waals surface area contributed by atoms with Crippen molar-refractivity contribution in [3.8, 4) is 5.69 Å². The molecule has 1 aliphatic heterocycles. The number of rotatable bonds is 3. The Morgan fingerprint density at radius 1 is 1.07 bits per heavy atom. The van der Waals surface area contributed by atoms with E-state index in [1.165, 1.54) is 24.3 Å². The Hall–Kier alpha value is -3.74. The highest BCUT2D eigenvalue weighted by Gasteiger charge is 2.19. The Kier molecular flexibility index (Phi) is 4.01. The molecule has 2 N–H and O–H groups in total. The number of pyridine rings is 1. The first-order valence-electron chi connectivity index (χ1n) is 9.19. The molecule has 0 bridgehead atoms. The number of hydrogen-bond acceptors (Lipinski definition) is 3. The van der Waals surface area contributed by atoms with E-state index in [9.17, 15) is 13.6 Å². The quantitative estimate of drug-likeness (QED) is 0.541. The fourth-order valence-corrected chi connectivity index (χ4v) is 3.69. The highest BCUT2D eigenvalue weighted by Crippen LogP contribution is 2.27. The fourth-order valence-electron chi connectivity index (χ4n) is 3.69. The first-order chi connectivity index (χ1) is 14.1. The third kappa shape index (κ3) is 3.10. The number of anilines is 2. The molecule has 4 aromatic rings. The molecule has 2 aromatic carbocycles. The smallest absolute Gasteiger partial charge is 0.272 e. The zero-order valence-electron chi connectivity index (χ0n) is 15.2. The summed E-state index contributed by atoms with van der Waals surface area (Å²) < 4.78 is 29.2. The summed E-state index contributed by atoms with van der Waals surface area (Å²) >= 11 is 0. The van der Waals surface area contributed by atoms with Gasteiger partial charge in [-0.2, -0.15) is 0 Å². The molecule has 3 heterocycles. The van der Waals surface area contributed by atoms with E-state index in [1.54, 1.807) is 35.0 Å². The van der Waals surface area contributed by atoms with Crippen molar-refractivity contribution in [2.24, 2.45) is 0 Å². The van der Waals surface area contributed by atoms with Crippen LogP contribution in [0.4, 0.5) is 20.3 Å². The molecule has 7 heteroatoms. The lowest BCUT2D eigenvalue weighted by atomic mass is 10.2. The predicted octanol–water partition coefficient (Wildman–Crippen LogP) is 4.52. The van der Waals surface area contributed by atoms with Crippen molar-refractivity contribution in [3.63, 3.8) is 0 Å². The lowest BCUT2D eigenvalue weighted by Crippen LogP contribution is -2.16. The van der Waals surface area contributed by atoms with Crippen molar-refractivity contribution in [2.45, 2.75) is 6.42 Å². The molecular weight excluding hydrogens is 374 g/mol. The van der Waals surface area contributed by atoms with Crippen molar-refractivity contribution >= 4 is 28.3 Å². The molecule has 29 heavy (non-hydrogen) atoms. The van der Waals surface area contributed by atoms with Gasteiger partial charge < -0.3 is 15.2 Å². The van der Waals surface area contributed by atoms with Crippen LogP contribution in [0.3, 0.4) is 0 Å². The molecule has 0 atom stereocenters. The molecule has 5 nitrogen and oxygen atoms in total. The molecule has 0 radical (unpaired) electrons. The monoisotopic (exact) mass is 390 g/mol. The van der Waals surface area contributed by atoms with E-state index in [2.05, 4.69) is 15.6 Å². The predicted molar refractivity (Wildman–Crippen MR) is 108 cm³/mol. The van der Waals surface area contributed by atoms with Crippen molar-refractivity contribution in [1.82, 2.24) is 9.55 Å². The average Bonchev–Trinajstić information content (AvgIpc) is 3.31. The maximum Gasteiger partial charge on any atom is 0.272 e. The Morgan fingerprint density at radius 2 is 1.93 bits per heavy atom. The zero-order chi connectivity index (χ0) is 20.0. The number of nitrogens with zero attached hydrogens (tertiary/aromatic N) is 2. The SMILES string of the molecule is O=C(Nc1cnc2c(c1)CCN2)c1cc2cc(F)ccc2n1-c1cccc(F)c1. The minimum atomic E-state index is -0.423. The molecule has 1 aliphatic rings. The van der Waals surface area contributed by atoms with Gasteiger partial charge in [-0.3, -0.25) is 4.79 Å². The van der Waals surface area contributed by atoms with Gasteiger partial charge in [-0.15, -0.1) is 0 Å². The van der Waals surface area contributed by atoms with Crippen molar-refractivity contribution < 1.29 is 13.6 Å². The van der Waals surface area contributed by atoms with Gasteiger partial charge in [-0.1, -0.05) is 6.07 Å². The van der Waals surface area contributed by atoms with Gasteiger partial charge in [-0.05, 0) is 60.5 Å². The lowest BCUT2D eigenvalue weighted by Gasteiger charge is -2.12. The van der Waals surface area contributed by atoms with Crippen LogP contribution in [0.1, 0.15) is 16.1 Å². The molecule has 0 spiro atoms. The van der Waals surface area contributed by atoms with E-state index in [-0.39, 0.29) is 5.69 Å². The molecule has 1 amide bonds. The number of carbonyl (C=O) groups excluding carboxylic acids is 1. The second kappa shape index (κ2) is 6.70. The number of hydrogen-bond donors (Lipinski definition) is 2. The van der Waals surface area contributed by atoms with Gasteiger partial charge in [0, 0.05) is 17.6 Å². The van der Waals surface area contributed by atoms with Gasteiger partial charge in [0.25, 0.3) is 5.91 Å². The normalized spacial score (nSPS) is 12.6. The van der Waals surface area contributed by atoms with Crippen molar-refractivity contribution in [1.29, 1.82) is 0 Å². The van der Waals surface area contributed by atoms with Crippen LogP contribution in [0.15, 0.2) is 60.8 Å². The molecule has 5 rings (SSSR count). The molecule has 0 aliphatic carbocycles. The Balaban J connectivity index is 1.60. The van der Waals surface area contributed by atoms with E-state index in [0.717, 1.165) is 24.3 Å². The Bertz CT molecular complexity index is 1270. The molecule has 0 fully saturated rings. The van der Waals surface area contributed by atoms with Gasteiger partial charge in [-0.25, -0.2) is 13.8 Å². The van der Waals surface area contributed by atoms with Crippen LogP contribution in [-0.2, 0) is 6.42 Å². The number of fused-ring (bicyclic) bond motifs is 2. The Labute approximate surface area is 165 Å². The topological polar surface area (TPSA) is 59.0 Å². The third-order valence-electron chi connectivity index (χ3n) is 4.97. The van der Waals surface area contributed by atoms with Gasteiger partial charge in [0.2, 0.25) is 0 Å². The van der Waals surface area contributed by atoms with Crippen LogP contribution in [0.25, 0.3) is 16.6 Å². The van der Waals surface area contributed by atoms with Crippen LogP contribution >= 0.6 is 0 Å². The summed E-state index contributed by atoms with van der Waals surface area (Å²) in [6, 6.07) is 13.7. The minimum absolute atomic E-state index is 0.273. The number of nitrogens with one attached hydrogen (secondary N) is 2. The van der Waals surface area contributed by atoms with E-state index >= 15 is 0 Å². The van der Waals surface area contributed by atoms with Gasteiger partial charge in [0.1, 0.15) is 23.1 Å². The van der Waals surface area contributed by atoms with Crippen LogP contribution < -0.4 is 10.6 Å². The maximum absolute atomic E-state index is 13.8. The average molecular weight is 390 g/mol. The summed E-state index contributed by atoms with van der Waals surface area (Å²) in [7, 11) is 0. The second-order valence-electron chi connectivity index (χ2n) is 6.91. The standard InChI is InChI=1S/C22H16F2N4O/c23-15-2-1-3-18(11-15)28-19-5-4-16(24)8-14(19)10-20(28)22(29)27-17-9-13-6-7-25-21(13)26-12-17/h1-5,8-12H,6-7H2,(H,25,26)(H,27,29). The van der Waals surface area contributed by atoms with Crippen LogP contribution in [0.2, 0.25) is 0 Å². The first-order valence-corrected chi connectivity index (χ1v) is 9.19. The van der Waals surface area contributed by atoms with Gasteiger partial charge in [0.15, 0.2) is 0 Å². The van der Waals surface area contributed by atoms with Crippen LogP contribution in [-0.4, -0.2) is 22.0 Å². The minimum Gasteiger partial charge on any atom is -0.370 e. The lowest BCUT2D eigenvalue weighted by molar-refractivity contribution is 0.102. The zero-order valence-corrected chi connectivity index (χ0v) is 15.2. The van der Waals surface area contributed by atoms with Crippen molar-refractivity contribution in [2.75, 3.05) is 17.2 Å².